The molecule has 6 heteroatoms. The standard InChI is InChI=1S/C26H37N5O/c1-27-26(29-23-6-5-15-31(20-23)24-7-3-2-4-8-24)28-18-21-9-11-22(12-10-21)19-30-16-13-25(32)14-17-30/h2-4,7-12,23,25,32H,5-6,13-20H2,1H3,(H2,27,28,29). The molecule has 4 rings (SSSR count). The predicted octanol–water partition coefficient (Wildman–Crippen LogP) is 2.98. The highest BCUT2D eigenvalue weighted by Gasteiger charge is 2.21. The molecule has 172 valence electrons. The molecule has 2 aliphatic heterocycles. The monoisotopic (exact) mass is 435 g/mol. The average Bonchev–Trinajstić information content (AvgIpc) is 2.85. The van der Waals surface area contributed by atoms with Crippen LogP contribution in [0.15, 0.2) is 59.6 Å². The Bertz CT molecular complexity index is 846. The molecular weight excluding hydrogens is 398 g/mol. The van der Waals surface area contributed by atoms with Crippen LogP contribution in [0.2, 0.25) is 0 Å². The van der Waals surface area contributed by atoms with Crippen LogP contribution in [0, 0.1) is 0 Å². The van der Waals surface area contributed by atoms with Crippen LogP contribution < -0.4 is 15.5 Å². The second-order valence-electron chi connectivity index (χ2n) is 9.01. The Morgan fingerprint density at radius 3 is 2.41 bits per heavy atom. The van der Waals surface area contributed by atoms with Crippen molar-refractivity contribution >= 4 is 11.6 Å². The van der Waals surface area contributed by atoms with Crippen molar-refractivity contribution in [2.75, 3.05) is 38.1 Å². The summed E-state index contributed by atoms with van der Waals surface area (Å²) in [5, 5.41) is 16.8. The number of aliphatic hydroxyl groups is 1. The van der Waals surface area contributed by atoms with E-state index in [1.165, 1.54) is 23.2 Å². The van der Waals surface area contributed by atoms with Gasteiger partial charge in [0.25, 0.3) is 0 Å². The van der Waals surface area contributed by atoms with Crippen molar-refractivity contribution in [2.24, 2.45) is 4.99 Å². The lowest BCUT2D eigenvalue weighted by molar-refractivity contribution is 0.0792. The second-order valence-corrected chi connectivity index (χ2v) is 9.01. The molecule has 6 nitrogen and oxygen atoms in total. The van der Waals surface area contributed by atoms with E-state index in [4.69, 9.17) is 0 Å². The maximum Gasteiger partial charge on any atom is 0.191 e. The Balaban J connectivity index is 1.23. The van der Waals surface area contributed by atoms with Gasteiger partial charge >= 0.3 is 0 Å². The van der Waals surface area contributed by atoms with Crippen LogP contribution in [-0.2, 0) is 13.1 Å². The van der Waals surface area contributed by atoms with Crippen LogP contribution in [0.1, 0.15) is 36.8 Å². The molecule has 1 unspecified atom stereocenters. The summed E-state index contributed by atoms with van der Waals surface area (Å²) >= 11 is 0. The molecule has 2 fully saturated rings. The van der Waals surface area contributed by atoms with E-state index in [0.717, 1.165) is 64.5 Å². The molecule has 0 radical (unpaired) electrons. The molecule has 2 saturated heterocycles. The number of aliphatic hydroxyl groups excluding tert-OH is 1. The smallest absolute Gasteiger partial charge is 0.191 e. The summed E-state index contributed by atoms with van der Waals surface area (Å²) in [7, 11) is 1.84. The molecule has 2 aromatic carbocycles. The fraction of sp³-hybridized carbons (Fsp3) is 0.500. The Kier molecular flexibility index (Phi) is 8.02. The lowest BCUT2D eigenvalue weighted by Crippen LogP contribution is -2.51. The fourth-order valence-electron chi connectivity index (χ4n) is 4.64. The predicted molar refractivity (Wildman–Crippen MR) is 132 cm³/mol. The van der Waals surface area contributed by atoms with Gasteiger partial charge in [-0.25, -0.2) is 0 Å². The summed E-state index contributed by atoms with van der Waals surface area (Å²) in [5.41, 5.74) is 3.87. The van der Waals surface area contributed by atoms with Gasteiger partial charge in [-0.3, -0.25) is 9.89 Å². The number of aliphatic imine (C=N–C) groups is 1. The SMILES string of the molecule is CN=C(NCc1ccc(CN2CCC(O)CC2)cc1)NC1CCCN(c2ccccc2)C1. The minimum atomic E-state index is -0.113. The Morgan fingerprint density at radius 1 is 0.969 bits per heavy atom. The molecule has 0 saturated carbocycles. The van der Waals surface area contributed by atoms with Gasteiger partial charge in [0.2, 0.25) is 0 Å². The zero-order valence-electron chi connectivity index (χ0n) is 19.2. The topological polar surface area (TPSA) is 63.1 Å². The lowest BCUT2D eigenvalue weighted by Gasteiger charge is -2.35. The van der Waals surface area contributed by atoms with E-state index >= 15 is 0 Å². The van der Waals surface area contributed by atoms with E-state index in [9.17, 15) is 5.11 Å². The number of guanidine groups is 1. The quantitative estimate of drug-likeness (QED) is 0.481. The second kappa shape index (κ2) is 11.3. The van der Waals surface area contributed by atoms with Crippen molar-refractivity contribution in [3.05, 3.63) is 65.7 Å². The number of para-hydroxylation sites is 1. The molecule has 0 amide bonds. The first kappa shape index (κ1) is 22.6. The molecular formula is C26H37N5O. The van der Waals surface area contributed by atoms with Crippen LogP contribution in [-0.4, -0.2) is 61.3 Å². The van der Waals surface area contributed by atoms with Crippen LogP contribution in [0.25, 0.3) is 0 Å². The molecule has 32 heavy (non-hydrogen) atoms. The largest absolute Gasteiger partial charge is 0.393 e. The molecule has 0 aliphatic carbocycles. The third-order valence-electron chi connectivity index (χ3n) is 6.55. The molecule has 0 spiro atoms. The number of nitrogens with zero attached hydrogens (tertiary/aromatic N) is 3. The van der Waals surface area contributed by atoms with Gasteiger partial charge in [-0.15, -0.1) is 0 Å². The first-order valence-electron chi connectivity index (χ1n) is 11.9. The molecule has 2 heterocycles. The van der Waals surface area contributed by atoms with E-state index in [2.05, 4.69) is 80.0 Å². The highest BCUT2D eigenvalue weighted by molar-refractivity contribution is 5.80. The zero-order chi connectivity index (χ0) is 22.2. The highest BCUT2D eigenvalue weighted by Crippen LogP contribution is 2.19. The summed E-state index contributed by atoms with van der Waals surface area (Å²) < 4.78 is 0. The maximum atomic E-state index is 9.67. The van der Waals surface area contributed by atoms with Crippen molar-refractivity contribution in [1.29, 1.82) is 0 Å². The third kappa shape index (κ3) is 6.47. The Hall–Kier alpha value is -2.57. The summed E-state index contributed by atoms with van der Waals surface area (Å²) in [6.07, 6.45) is 4.00. The summed E-state index contributed by atoms with van der Waals surface area (Å²) in [6.45, 7) is 5.78. The van der Waals surface area contributed by atoms with Crippen molar-refractivity contribution in [2.45, 2.75) is 50.9 Å². The summed E-state index contributed by atoms with van der Waals surface area (Å²) in [5.74, 6) is 0.862. The van der Waals surface area contributed by atoms with E-state index in [-0.39, 0.29) is 6.10 Å². The van der Waals surface area contributed by atoms with Gasteiger partial charge in [0.1, 0.15) is 0 Å². The minimum Gasteiger partial charge on any atom is -0.393 e. The Morgan fingerprint density at radius 2 is 1.69 bits per heavy atom. The van der Waals surface area contributed by atoms with Crippen LogP contribution >= 0.6 is 0 Å². The van der Waals surface area contributed by atoms with E-state index in [0.29, 0.717) is 6.04 Å². The van der Waals surface area contributed by atoms with E-state index < -0.39 is 0 Å². The van der Waals surface area contributed by atoms with Gasteiger partial charge in [-0.1, -0.05) is 42.5 Å². The molecule has 0 bridgehead atoms. The number of anilines is 1. The number of hydrogen-bond donors (Lipinski definition) is 3. The highest BCUT2D eigenvalue weighted by atomic mass is 16.3. The number of piperidine rings is 2. The van der Waals surface area contributed by atoms with Gasteiger partial charge in [-0.2, -0.15) is 0 Å². The van der Waals surface area contributed by atoms with Gasteiger partial charge in [-0.05, 0) is 48.9 Å². The summed E-state index contributed by atoms with van der Waals surface area (Å²) in [4.78, 5) is 9.32. The van der Waals surface area contributed by atoms with Crippen molar-refractivity contribution < 1.29 is 5.11 Å². The van der Waals surface area contributed by atoms with Crippen molar-refractivity contribution in [3.63, 3.8) is 0 Å². The van der Waals surface area contributed by atoms with Gasteiger partial charge in [0.05, 0.1) is 6.10 Å². The third-order valence-corrected chi connectivity index (χ3v) is 6.55. The number of benzene rings is 2. The van der Waals surface area contributed by atoms with Crippen LogP contribution in [0.4, 0.5) is 5.69 Å². The maximum absolute atomic E-state index is 9.67. The van der Waals surface area contributed by atoms with Gasteiger partial charge in [0.15, 0.2) is 5.96 Å². The lowest BCUT2D eigenvalue weighted by atomic mass is 10.0. The summed E-state index contributed by atoms with van der Waals surface area (Å²) in [6, 6.07) is 19.9. The normalized spacial score (nSPS) is 20.9. The fourth-order valence-corrected chi connectivity index (χ4v) is 4.64. The number of rotatable bonds is 6. The average molecular weight is 436 g/mol. The van der Waals surface area contributed by atoms with E-state index in [1.807, 2.05) is 7.05 Å². The van der Waals surface area contributed by atoms with E-state index in [1.54, 1.807) is 0 Å². The number of likely N-dealkylation sites (tertiary alicyclic amines) is 1. The van der Waals surface area contributed by atoms with Crippen molar-refractivity contribution in [1.82, 2.24) is 15.5 Å². The first-order valence-corrected chi connectivity index (χ1v) is 11.9. The molecule has 2 aliphatic rings. The van der Waals surface area contributed by atoms with Gasteiger partial charge in [0, 0.05) is 58.0 Å². The molecule has 1 atom stereocenters. The van der Waals surface area contributed by atoms with Crippen LogP contribution in [0.5, 0.6) is 0 Å². The Labute approximate surface area is 192 Å². The minimum absolute atomic E-state index is 0.113. The van der Waals surface area contributed by atoms with Gasteiger partial charge < -0.3 is 20.6 Å². The van der Waals surface area contributed by atoms with Crippen molar-refractivity contribution in [3.8, 4) is 0 Å². The zero-order valence-corrected chi connectivity index (χ0v) is 19.2. The number of nitrogens with one attached hydrogen (secondary N) is 2. The molecule has 2 aromatic rings. The molecule has 3 N–H and O–H groups in total. The van der Waals surface area contributed by atoms with Crippen LogP contribution in [0.3, 0.4) is 0 Å². The molecule has 0 aromatic heterocycles. The first-order chi connectivity index (χ1) is 15.7. The number of hydrogen-bond acceptors (Lipinski definition) is 4.